The van der Waals surface area contributed by atoms with E-state index in [1.165, 1.54) is 18.9 Å². The van der Waals surface area contributed by atoms with Crippen LogP contribution in [0, 0.1) is 0 Å². The van der Waals surface area contributed by atoms with E-state index in [4.69, 9.17) is 31.2 Å². The number of amides is 2. The van der Waals surface area contributed by atoms with Crippen LogP contribution >= 0.6 is 24.0 Å². The normalized spacial score (nSPS) is 17.0. The minimum atomic E-state index is -0.193. The lowest BCUT2D eigenvalue weighted by Gasteiger charge is -2.26. The lowest BCUT2D eigenvalue weighted by atomic mass is 10.1. The number of thioether (sulfide) groups is 1. The van der Waals surface area contributed by atoms with Gasteiger partial charge in [-0.05, 0) is 43.5 Å². The molecule has 0 spiro atoms. The number of thiocarbonyl (C=S) groups is 1. The molecule has 0 saturated carbocycles. The van der Waals surface area contributed by atoms with Crippen LogP contribution in [0.15, 0.2) is 23.1 Å². The average molecular weight is 537 g/mol. The SMILES string of the molecule is CCOC(=O)CCCCCN1C(=O)/C(=C\c2ccc(OCC(=O)N3CCOCC3)c(OC)c2)SC1=S. The summed E-state index contributed by atoms with van der Waals surface area (Å²) in [6, 6.07) is 5.29. The lowest BCUT2D eigenvalue weighted by molar-refractivity contribution is -0.143. The van der Waals surface area contributed by atoms with Crippen molar-refractivity contribution in [3.8, 4) is 11.5 Å². The summed E-state index contributed by atoms with van der Waals surface area (Å²) in [6.07, 6.45) is 4.43. The second kappa shape index (κ2) is 14.2. The van der Waals surface area contributed by atoms with Crippen molar-refractivity contribution in [1.29, 1.82) is 0 Å². The number of rotatable bonds is 12. The summed E-state index contributed by atoms with van der Waals surface area (Å²) in [5, 5.41) is 0. The number of nitrogens with zero attached hydrogens (tertiary/aromatic N) is 2. The molecule has 2 aliphatic rings. The molecule has 2 fully saturated rings. The minimum absolute atomic E-state index is 0.0891. The van der Waals surface area contributed by atoms with E-state index in [9.17, 15) is 14.4 Å². The zero-order valence-corrected chi connectivity index (χ0v) is 22.3. The maximum absolute atomic E-state index is 12.9. The van der Waals surface area contributed by atoms with E-state index in [2.05, 4.69) is 0 Å². The molecular weight excluding hydrogens is 504 g/mol. The van der Waals surface area contributed by atoms with Crippen LogP contribution < -0.4 is 9.47 Å². The van der Waals surface area contributed by atoms with Gasteiger partial charge in [-0.1, -0.05) is 36.5 Å². The van der Waals surface area contributed by atoms with Crippen LogP contribution in [0.3, 0.4) is 0 Å². The number of hydrogen-bond acceptors (Lipinski definition) is 9. The van der Waals surface area contributed by atoms with Crippen molar-refractivity contribution in [1.82, 2.24) is 9.80 Å². The predicted molar refractivity (Wildman–Crippen MR) is 141 cm³/mol. The Hall–Kier alpha value is -2.63. The van der Waals surface area contributed by atoms with E-state index in [0.717, 1.165) is 24.8 Å². The molecule has 0 N–H and O–H groups in total. The van der Waals surface area contributed by atoms with E-state index in [0.29, 0.717) is 66.6 Å². The van der Waals surface area contributed by atoms with Crippen LogP contribution in [0.5, 0.6) is 11.5 Å². The molecule has 196 valence electrons. The summed E-state index contributed by atoms with van der Waals surface area (Å²) >= 11 is 6.67. The largest absolute Gasteiger partial charge is 0.493 e. The van der Waals surface area contributed by atoms with Gasteiger partial charge < -0.3 is 23.8 Å². The number of carbonyl (C=O) groups excluding carboxylic acids is 3. The minimum Gasteiger partial charge on any atom is -0.493 e. The highest BCUT2D eigenvalue weighted by atomic mass is 32.2. The van der Waals surface area contributed by atoms with Crippen LogP contribution in [0.1, 0.15) is 38.2 Å². The van der Waals surface area contributed by atoms with Gasteiger partial charge in [-0.15, -0.1) is 0 Å². The third kappa shape index (κ3) is 7.94. The Balaban J connectivity index is 1.54. The first-order valence-electron chi connectivity index (χ1n) is 12.0. The Bertz CT molecular complexity index is 993. The number of unbranched alkanes of at least 4 members (excludes halogenated alkanes) is 2. The van der Waals surface area contributed by atoms with E-state index >= 15 is 0 Å². The van der Waals surface area contributed by atoms with Crippen molar-refractivity contribution < 1.29 is 33.3 Å². The van der Waals surface area contributed by atoms with Crippen molar-refractivity contribution in [2.24, 2.45) is 0 Å². The Kier molecular flexibility index (Phi) is 11.0. The van der Waals surface area contributed by atoms with Crippen LogP contribution in [0.4, 0.5) is 0 Å². The van der Waals surface area contributed by atoms with Gasteiger partial charge in [0.1, 0.15) is 4.32 Å². The quantitative estimate of drug-likeness (QED) is 0.173. The van der Waals surface area contributed by atoms with E-state index < -0.39 is 0 Å². The first-order valence-corrected chi connectivity index (χ1v) is 13.2. The molecule has 2 saturated heterocycles. The third-order valence-corrected chi connectivity index (χ3v) is 7.02. The summed E-state index contributed by atoms with van der Waals surface area (Å²) in [6.45, 7) is 4.78. The van der Waals surface area contributed by atoms with Crippen LogP contribution in [-0.2, 0) is 23.9 Å². The number of esters is 1. The molecule has 1 aromatic rings. The van der Waals surface area contributed by atoms with Crippen LogP contribution in [0.2, 0.25) is 0 Å². The maximum Gasteiger partial charge on any atom is 0.305 e. The smallest absolute Gasteiger partial charge is 0.305 e. The molecule has 2 amide bonds. The summed E-state index contributed by atoms with van der Waals surface area (Å²) in [5.41, 5.74) is 0.758. The van der Waals surface area contributed by atoms with Crippen LogP contribution in [-0.4, -0.2) is 85.1 Å². The topological polar surface area (TPSA) is 94.6 Å². The van der Waals surface area contributed by atoms with Gasteiger partial charge in [0, 0.05) is 26.1 Å². The summed E-state index contributed by atoms with van der Waals surface area (Å²) in [7, 11) is 1.52. The molecule has 3 rings (SSSR count). The molecule has 0 aliphatic carbocycles. The van der Waals surface area contributed by atoms with Crippen molar-refractivity contribution in [3.63, 3.8) is 0 Å². The van der Waals surface area contributed by atoms with Gasteiger partial charge in [-0.25, -0.2) is 0 Å². The predicted octanol–water partition coefficient (Wildman–Crippen LogP) is 3.26. The van der Waals surface area contributed by atoms with E-state index in [-0.39, 0.29) is 24.4 Å². The van der Waals surface area contributed by atoms with E-state index in [1.807, 2.05) is 0 Å². The zero-order chi connectivity index (χ0) is 25.9. The first-order chi connectivity index (χ1) is 17.4. The molecule has 9 nitrogen and oxygen atoms in total. The molecular formula is C25H32N2O7S2. The fourth-order valence-corrected chi connectivity index (χ4v) is 5.04. The standard InChI is InChI=1S/C25H32N2O7S2/c1-3-33-23(29)7-5-4-6-10-27-24(30)21(36-25(27)35)16-18-8-9-19(20(15-18)31-2)34-17-22(28)26-11-13-32-14-12-26/h8-9,15-16H,3-7,10-14,17H2,1-2H3/b21-16+. The highest BCUT2D eigenvalue weighted by Gasteiger charge is 2.31. The van der Waals surface area contributed by atoms with Gasteiger partial charge in [-0.3, -0.25) is 19.3 Å². The number of hydrogen-bond donors (Lipinski definition) is 0. The molecule has 0 unspecified atom stereocenters. The van der Waals surface area contributed by atoms with Crippen molar-refractivity contribution >= 4 is 52.2 Å². The number of carbonyl (C=O) groups is 3. The highest BCUT2D eigenvalue weighted by molar-refractivity contribution is 8.26. The average Bonchev–Trinajstić information content (AvgIpc) is 3.15. The van der Waals surface area contributed by atoms with Gasteiger partial charge in [0.25, 0.3) is 11.8 Å². The van der Waals surface area contributed by atoms with Crippen molar-refractivity contribution in [3.05, 3.63) is 28.7 Å². The van der Waals surface area contributed by atoms with Crippen molar-refractivity contribution in [2.45, 2.75) is 32.6 Å². The number of morpholine rings is 1. The molecule has 36 heavy (non-hydrogen) atoms. The second-order valence-corrected chi connectivity index (χ2v) is 9.82. The molecule has 0 aromatic heterocycles. The zero-order valence-electron chi connectivity index (χ0n) is 20.7. The van der Waals surface area contributed by atoms with Gasteiger partial charge in [0.2, 0.25) is 0 Å². The van der Waals surface area contributed by atoms with Gasteiger partial charge in [0.15, 0.2) is 18.1 Å². The number of benzene rings is 1. The van der Waals surface area contributed by atoms with Crippen LogP contribution in [0.25, 0.3) is 6.08 Å². The molecule has 0 bridgehead atoms. The molecule has 0 atom stereocenters. The maximum atomic E-state index is 12.9. The Morgan fingerprint density at radius 3 is 2.67 bits per heavy atom. The summed E-state index contributed by atoms with van der Waals surface area (Å²) in [4.78, 5) is 40.5. The fraction of sp³-hybridized carbons (Fsp3) is 0.520. The van der Waals surface area contributed by atoms with Crippen molar-refractivity contribution in [2.75, 3.05) is 53.2 Å². The molecule has 2 heterocycles. The van der Waals surface area contributed by atoms with Gasteiger partial charge in [-0.2, -0.15) is 0 Å². The summed E-state index contributed by atoms with van der Waals surface area (Å²) < 4.78 is 21.9. The summed E-state index contributed by atoms with van der Waals surface area (Å²) in [5.74, 6) is 0.489. The number of ether oxygens (including phenoxy) is 4. The lowest BCUT2D eigenvalue weighted by Crippen LogP contribution is -2.43. The third-order valence-electron chi connectivity index (χ3n) is 5.64. The Labute approximate surface area is 221 Å². The Morgan fingerprint density at radius 1 is 1.17 bits per heavy atom. The Morgan fingerprint density at radius 2 is 1.94 bits per heavy atom. The molecule has 11 heteroatoms. The second-order valence-electron chi connectivity index (χ2n) is 8.14. The first kappa shape index (κ1) is 27.9. The van der Waals surface area contributed by atoms with Gasteiger partial charge >= 0.3 is 5.97 Å². The molecule has 0 radical (unpaired) electrons. The molecule has 2 aliphatic heterocycles. The fourth-order valence-electron chi connectivity index (χ4n) is 3.73. The number of methoxy groups -OCH3 is 1. The monoisotopic (exact) mass is 536 g/mol. The molecule has 1 aromatic carbocycles. The van der Waals surface area contributed by atoms with E-state index in [1.54, 1.807) is 41.0 Å². The van der Waals surface area contributed by atoms with Gasteiger partial charge in [0.05, 0.1) is 31.8 Å². The highest BCUT2D eigenvalue weighted by Crippen LogP contribution is 2.35.